The van der Waals surface area contributed by atoms with E-state index in [9.17, 15) is 0 Å². The highest BCUT2D eigenvalue weighted by Crippen LogP contribution is 2.18. The van der Waals surface area contributed by atoms with Crippen molar-refractivity contribution >= 4 is 0 Å². The summed E-state index contributed by atoms with van der Waals surface area (Å²) < 4.78 is 3.99. The molecule has 6 heteroatoms. The molecule has 17 heavy (non-hydrogen) atoms. The van der Waals surface area contributed by atoms with Gasteiger partial charge < -0.3 is 9.13 Å². The van der Waals surface area contributed by atoms with E-state index in [0.717, 1.165) is 24.5 Å². The molecule has 0 amide bonds. The minimum Gasteiger partial charge on any atom is -0.340 e. The van der Waals surface area contributed by atoms with Gasteiger partial charge >= 0.3 is 0 Å². The van der Waals surface area contributed by atoms with E-state index in [0.29, 0.717) is 0 Å². The fourth-order valence-corrected chi connectivity index (χ4v) is 1.89. The molecule has 1 unspecified atom stereocenters. The van der Waals surface area contributed by atoms with Gasteiger partial charge in [0.05, 0.1) is 12.0 Å². The predicted octanol–water partition coefficient (Wildman–Crippen LogP) is 0.579. The fourth-order valence-electron chi connectivity index (χ4n) is 1.89. The Morgan fingerprint density at radius 3 is 2.88 bits per heavy atom. The maximum Gasteiger partial charge on any atom is 0.133 e. The molecular weight excluding hydrogens is 216 g/mol. The number of hydrogen-bond donors (Lipinski definition) is 2. The molecule has 6 nitrogen and oxygen atoms in total. The van der Waals surface area contributed by atoms with Crippen LogP contribution in [-0.2, 0) is 13.6 Å². The SMILES string of the molecule is CCCn1ccnc1C(NN)c1cn(C)cn1. The molecule has 0 aliphatic carbocycles. The fraction of sp³-hybridized carbons (Fsp3) is 0.455. The molecule has 0 saturated heterocycles. The van der Waals surface area contributed by atoms with Gasteiger partial charge in [-0.05, 0) is 6.42 Å². The van der Waals surface area contributed by atoms with Gasteiger partial charge in [-0.3, -0.25) is 5.84 Å². The Morgan fingerprint density at radius 2 is 2.29 bits per heavy atom. The molecule has 2 aromatic heterocycles. The highest BCUT2D eigenvalue weighted by molar-refractivity contribution is 5.15. The van der Waals surface area contributed by atoms with Crippen LogP contribution in [-0.4, -0.2) is 19.1 Å². The third-order valence-electron chi connectivity index (χ3n) is 2.66. The third-order valence-corrected chi connectivity index (χ3v) is 2.66. The van der Waals surface area contributed by atoms with Crippen molar-refractivity contribution in [2.24, 2.45) is 12.9 Å². The second kappa shape index (κ2) is 5.11. The Hall–Kier alpha value is -1.66. The van der Waals surface area contributed by atoms with Crippen LogP contribution in [0.4, 0.5) is 0 Å². The van der Waals surface area contributed by atoms with Crippen LogP contribution in [0, 0.1) is 0 Å². The zero-order valence-corrected chi connectivity index (χ0v) is 10.2. The molecule has 1 atom stereocenters. The number of aromatic nitrogens is 4. The van der Waals surface area contributed by atoms with Gasteiger partial charge in [-0.15, -0.1) is 0 Å². The summed E-state index contributed by atoms with van der Waals surface area (Å²) in [4.78, 5) is 8.67. The van der Waals surface area contributed by atoms with Crippen molar-refractivity contribution in [3.63, 3.8) is 0 Å². The third kappa shape index (κ3) is 2.37. The molecule has 0 radical (unpaired) electrons. The number of rotatable bonds is 5. The van der Waals surface area contributed by atoms with Gasteiger partial charge in [0.15, 0.2) is 0 Å². The Balaban J connectivity index is 2.31. The van der Waals surface area contributed by atoms with E-state index in [2.05, 4.69) is 26.9 Å². The number of hydrazine groups is 1. The largest absolute Gasteiger partial charge is 0.340 e. The molecule has 0 aromatic carbocycles. The van der Waals surface area contributed by atoms with Crippen LogP contribution in [0.25, 0.3) is 0 Å². The molecule has 2 rings (SSSR count). The number of nitrogens with two attached hydrogens (primary N) is 1. The zero-order valence-electron chi connectivity index (χ0n) is 10.2. The maximum absolute atomic E-state index is 5.62. The van der Waals surface area contributed by atoms with Crippen LogP contribution in [0.3, 0.4) is 0 Å². The van der Waals surface area contributed by atoms with Crippen molar-refractivity contribution in [3.05, 3.63) is 36.4 Å². The summed E-state index contributed by atoms with van der Waals surface area (Å²) in [5, 5.41) is 0. The molecule has 0 bridgehead atoms. The van der Waals surface area contributed by atoms with Gasteiger partial charge in [0.2, 0.25) is 0 Å². The van der Waals surface area contributed by atoms with E-state index in [1.807, 2.05) is 24.0 Å². The Labute approximate surface area is 100 Å². The minimum atomic E-state index is -0.169. The molecule has 0 spiro atoms. The highest BCUT2D eigenvalue weighted by Gasteiger charge is 2.19. The average Bonchev–Trinajstić information content (AvgIpc) is 2.91. The van der Waals surface area contributed by atoms with Crippen molar-refractivity contribution in [1.82, 2.24) is 24.5 Å². The number of imidazole rings is 2. The molecular formula is C11H18N6. The average molecular weight is 234 g/mol. The van der Waals surface area contributed by atoms with Gasteiger partial charge in [0, 0.05) is 32.2 Å². The van der Waals surface area contributed by atoms with Crippen LogP contribution >= 0.6 is 0 Å². The van der Waals surface area contributed by atoms with Crippen molar-refractivity contribution in [2.75, 3.05) is 0 Å². The topological polar surface area (TPSA) is 73.7 Å². The van der Waals surface area contributed by atoms with Crippen LogP contribution in [0.2, 0.25) is 0 Å². The lowest BCUT2D eigenvalue weighted by molar-refractivity contribution is 0.537. The first-order valence-electron chi connectivity index (χ1n) is 5.71. The van der Waals surface area contributed by atoms with Crippen LogP contribution in [0.1, 0.15) is 30.9 Å². The van der Waals surface area contributed by atoms with E-state index >= 15 is 0 Å². The molecule has 0 aliphatic heterocycles. The first-order valence-corrected chi connectivity index (χ1v) is 5.71. The smallest absolute Gasteiger partial charge is 0.133 e. The molecule has 0 saturated carbocycles. The lowest BCUT2D eigenvalue weighted by atomic mass is 10.2. The lowest BCUT2D eigenvalue weighted by Gasteiger charge is -2.15. The molecule has 0 aliphatic rings. The summed E-state index contributed by atoms with van der Waals surface area (Å²) in [6.45, 7) is 3.07. The van der Waals surface area contributed by atoms with Gasteiger partial charge in [0.25, 0.3) is 0 Å². The monoisotopic (exact) mass is 234 g/mol. The number of nitrogens with one attached hydrogen (secondary N) is 1. The Bertz CT molecular complexity index is 472. The predicted molar refractivity (Wildman–Crippen MR) is 64.9 cm³/mol. The van der Waals surface area contributed by atoms with Gasteiger partial charge in [-0.2, -0.15) is 0 Å². The van der Waals surface area contributed by atoms with E-state index in [1.165, 1.54) is 0 Å². The summed E-state index contributed by atoms with van der Waals surface area (Å²) >= 11 is 0. The van der Waals surface area contributed by atoms with Gasteiger partial charge in [-0.25, -0.2) is 15.4 Å². The van der Waals surface area contributed by atoms with Crippen LogP contribution in [0.5, 0.6) is 0 Å². The van der Waals surface area contributed by atoms with Crippen molar-refractivity contribution in [3.8, 4) is 0 Å². The van der Waals surface area contributed by atoms with Gasteiger partial charge in [0.1, 0.15) is 11.9 Å². The quantitative estimate of drug-likeness (QED) is 0.586. The van der Waals surface area contributed by atoms with Crippen molar-refractivity contribution < 1.29 is 0 Å². The maximum atomic E-state index is 5.62. The number of nitrogens with zero attached hydrogens (tertiary/aromatic N) is 4. The molecule has 3 N–H and O–H groups in total. The zero-order chi connectivity index (χ0) is 12.3. The Kier molecular flexibility index (Phi) is 3.55. The van der Waals surface area contributed by atoms with Crippen LogP contribution < -0.4 is 11.3 Å². The molecule has 0 fully saturated rings. The number of hydrogen-bond acceptors (Lipinski definition) is 4. The van der Waals surface area contributed by atoms with E-state index in [4.69, 9.17) is 5.84 Å². The molecule has 92 valence electrons. The summed E-state index contributed by atoms with van der Waals surface area (Å²) in [6.07, 6.45) is 8.51. The van der Waals surface area contributed by atoms with Crippen molar-refractivity contribution in [1.29, 1.82) is 0 Å². The summed E-state index contributed by atoms with van der Waals surface area (Å²) in [6, 6.07) is -0.169. The van der Waals surface area contributed by atoms with Gasteiger partial charge in [-0.1, -0.05) is 6.92 Å². The highest BCUT2D eigenvalue weighted by atomic mass is 15.3. The number of aryl methyl sites for hydroxylation is 2. The summed E-state index contributed by atoms with van der Waals surface area (Å²) in [5.41, 5.74) is 3.65. The summed E-state index contributed by atoms with van der Waals surface area (Å²) in [5.74, 6) is 6.51. The van der Waals surface area contributed by atoms with E-state index < -0.39 is 0 Å². The first kappa shape index (κ1) is 11.8. The van der Waals surface area contributed by atoms with Crippen molar-refractivity contribution in [2.45, 2.75) is 25.9 Å². The Morgan fingerprint density at radius 1 is 1.47 bits per heavy atom. The second-order valence-corrected chi connectivity index (χ2v) is 4.04. The van der Waals surface area contributed by atoms with Crippen LogP contribution in [0.15, 0.2) is 24.9 Å². The molecule has 2 aromatic rings. The first-order chi connectivity index (χ1) is 8.26. The normalized spacial score (nSPS) is 12.9. The summed E-state index contributed by atoms with van der Waals surface area (Å²) in [7, 11) is 1.93. The molecule has 2 heterocycles. The lowest BCUT2D eigenvalue weighted by Crippen LogP contribution is -2.31. The minimum absolute atomic E-state index is 0.169. The standard InChI is InChI=1S/C11H18N6/c1-3-5-17-6-4-13-11(17)10(15-12)9-7-16(2)8-14-9/h4,6-8,10,15H,3,5,12H2,1-2H3. The van der Waals surface area contributed by atoms with E-state index in [1.54, 1.807) is 12.5 Å². The second-order valence-electron chi connectivity index (χ2n) is 4.04. The van der Waals surface area contributed by atoms with E-state index in [-0.39, 0.29) is 6.04 Å².